The number of Topliss-reactive ketones (excluding diaryl/α,β-unsaturated/α-hetero) is 1. The average Bonchev–Trinajstić information content (AvgIpc) is 2.78. The SMILES string of the molecule is COc1ccc([C@@H]2CC(=O)C3=C(C2)OC(N)=C(C#N)[C@H]3c2ccccc2)cc1OC. The molecular weight excluding hydrogens is 380 g/mol. The quantitative estimate of drug-likeness (QED) is 0.833. The molecule has 2 N–H and O–H groups in total. The van der Waals surface area contributed by atoms with E-state index in [1.807, 2.05) is 48.5 Å². The number of carbonyl (C=O) groups is 1. The third-order valence-corrected chi connectivity index (χ3v) is 5.67. The normalized spacial score (nSPS) is 20.9. The summed E-state index contributed by atoms with van der Waals surface area (Å²) in [6.07, 6.45) is 0.832. The van der Waals surface area contributed by atoms with Gasteiger partial charge >= 0.3 is 0 Å². The molecule has 2 atom stereocenters. The highest BCUT2D eigenvalue weighted by Gasteiger charge is 2.40. The molecule has 1 aliphatic carbocycles. The van der Waals surface area contributed by atoms with Crippen LogP contribution in [0.4, 0.5) is 0 Å². The van der Waals surface area contributed by atoms with Crippen LogP contribution in [-0.4, -0.2) is 20.0 Å². The smallest absolute Gasteiger partial charge is 0.205 e. The number of benzene rings is 2. The van der Waals surface area contributed by atoms with Crippen LogP contribution in [0.25, 0.3) is 0 Å². The second-order valence-corrected chi connectivity index (χ2v) is 7.32. The number of nitrogens with two attached hydrogens (primary N) is 1. The molecule has 6 nitrogen and oxygen atoms in total. The van der Waals surface area contributed by atoms with Gasteiger partial charge in [-0.15, -0.1) is 0 Å². The zero-order valence-corrected chi connectivity index (χ0v) is 16.8. The summed E-state index contributed by atoms with van der Waals surface area (Å²) in [7, 11) is 3.16. The monoisotopic (exact) mass is 402 g/mol. The standard InChI is InChI=1S/C24H22N2O4/c1-28-19-9-8-15(11-20(19)29-2)16-10-18(27)23-21(12-16)30-24(26)17(13-25)22(23)14-6-4-3-5-7-14/h3-9,11,16,22H,10,12,26H2,1-2H3/t16-,22-/m1/s1. The van der Waals surface area contributed by atoms with Crippen molar-refractivity contribution in [2.24, 2.45) is 5.73 Å². The number of ether oxygens (including phenoxy) is 3. The molecule has 2 aromatic rings. The lowest BCUT2D eigenvalue weighted by molar-refractivity contribution is -0.117. The molecule has 1 heterocycles. The number of rotatable bonds is 4. The van der Waals surface area contributed by atoms with Crippen LogP contribution in [0.15, 0.2) is 71.3 Å². The first kappa shape index (κ1) is 19.6. The lowest BCUT2D eigenvalue weighted by Crippen LogP contribution is -2.29. The molecule has 0 unspecified atom stereocenters. The van der Waals surface area contributed by atoms with Crippen LogP contribution in [0.5, 0.6) is 11.5 Å². The Kier molecular flexibility index (Phi) is 5.20. The molecule has 0 saturated carbocycles. The van der Waals surface area contributed by atoms with Gasteiger partial charge in [-0.1, -0.05) is 36.4 Å². The molecule has 0 spiro atoms. The second kappa shape index (κ2) is 7.96. The van der Waals surface area contributed by atoms with Crippen molar-refractivity contribution in [3.63, 3.8) is 0 Å². The van der Waals surface area contributed by atoms with Crippen molar-refractivity contribution < 1.29 is 19.0 Å². The summed E-state index contributed by atoms with van der Waals surface area (Å²) in [6, 6.07) is 17.3. The molecule has 0 fully saturated rings. The van der Waals surface area contributed by atoms with Crippen molar-refractivity contribution in [2.75, 3.05) is 14.2 Å². The molecule has 6 heteroatoms. The molecule has 2 aromatic carbocycles. The Morgan fingerprint density at radius 2 is 1.77 bits per heavy atom. The molecule has 30 heavy (non-hydrogen) atoms. The maximum atomic E-state index is 13.3. The van der Waals surface area contributed by atoms with Crippen molar-refractivity contribution >= 4 is 5.78 Å². The van der Waals surface area contributed by atoms with Crippen LogP contribution in [0.1, 0.15) is 35.8 Å². The minimum absolute atomic E-state index is 0.0369. The zero-order chi connectivity index (χ0) is 21.3. The number of carbonyl (C=O) groups excluding carboxylic acids is 1. The number of methoxy groups -OCH3 is 2. The first-order valence-corrected chi connectivity index (χ1v) is 9.68. The molecule has 0 saturated heterocycles. The Morgan fingerprint density at radius 1 is 1.03 bits per heavy atom. The largest absolute Gasteiger partial charge is 0.493 e. The Morgan fingerprint density at radius 3 is 2.43 bits per heavy atom. The fraction of sp³-hybridized carbons (Fsp3) is 0.250. The number of nitriles is 1. The Hall–Kier alpha value is -3.72. The summed E-state index contributed by atoms with van der Waals surface area (Å²) in [5.74, 6) is 1.22. The summed E-state index contributed by atoms with van der Waals surface area (Å²) in [4.78, 5) is 13.3. The molecule has 4 rings (SSSR count). The highest BCUT2D eigenvalue weighted by Crippen LogP contribution is 2.47. The fourth-order valence-electron chi connectivity index (χ4n) is 4.23. The predicted octanol–water partition coefficient (Wildman–Crippen LogP) is 3.91. The molecule has 152 valence electrons. The fourth-order valence-corrected chi connectivity index (χ4v) is 4.23. The maximum absolute atomic E-state index is 13.3. The summed E-state index contributed by atoms with van der Waals surface area (Å²) < 4.78 is 16.5. The van der Waals surface area contributed by atoms with Crippen molar-refractivity contribution in [2.45, 2.75) is 24.7 Å². The van der Waals surface area contributed by atoms with Gasteiger partial charge in [-0.05, 0) is 29.2 Å². The molecule has 0 bridgehead atoms. The topological polar surface area (TPSA) is 94.6 Å². The average molecular weight is 402 g/mol. The van der Waals surface area contributed by atoms with E-state index in [4.69, 9.17) is 19.9 Å². The van der Waals surface area contributed by atoms with Crippen LogP contribution in [0.2, 0.25) is 0 Å². The molecule has 0 radical (unpaired) electrons. The molecule has 0 amide bonds. The van der Waals surface area contributed by atoms with Crippen LogP contribution >= 0.6 is 0 Å². The second-order valence-electron chi connectivity index (χ2n) is 7.32. The number of nitrogens with zero attached hydrogens (tertiary/aromatic N) is 1. The van der Waals surface area contributed by atoms with E-state index in [0.29, 0.717) is 35.7 Å². The number of ketones is 1. The van der Waals surface area contributed by atoms with Crippen molar-refractivity contribution in [1.29, 1.82) is 5.26 Å². The van der Waals surface area contributed by atoms with E-state index in [0.717, 1.165) is 11.1 Å². The van der Waals surface area contributed by atoms with Crippen LogP contribution < -0.4 is 15.2 Å². The molecule has 2 aliphatic rings. The Balaban J connectivity index is 1.74. The molecule has 1 aliphatic heterocycles. The van der Waals surface area contributed by atoms with E-state index in [1.54, 1.807) is 14.2 Å². The van der Waals surface area contributed by atoms with Crippen LogP contribution in [0.3, 0.4) is 0 Å². The minimum atomic E-state index is -0.501. The van der Waals surface area contributed by atoms with Crippen molar-refractivity contribution in [3.05, 3.63) is 82.4 Å². The van der Waals surface area contributed by atoms with E-state index >= 15 is 0 Å². The summed E-state index contributed by atoms with van der Waals surface area (Å²) >= 11 is 0. The van der Waals surface area contributed by atoms with E-state index in [1.165, 1.54) is 0 Å². The van der Waals surface area contributed by atoms with Gasteiger partial charge < -0.3 is 19.9 Å². The highest BCUT2D eigenvalue weighted by molar-refractivity contribution is 6.00. The third-order valence-electron chi connectivity index (χ3n) is 5.67. The molecule has 0 aromatic heterocycles. The van der Waals surface area contributed by atoms with Gasteiger partial charge in [0.15, 0.2) is 17.3 Å². The summed E-state index contributed by atoms with van der Waals surface area (Å²) in [6.45, 7) is 0. The van der Waals surface area contributed by atoms with Gasteiger partial charge in [-0.25, -0.2) is 0 Å². The van der Waals surface area contributed by atoms with Gasteiger partial charge in [0.05, 0.1) is 20.1 Å². The van der Waals surface area contributed by atoms with Crippen molar-refractivity contribution in [1.82, 2.24) is 0 Å². The number of allylic oxidation sites excluding steroid dienone is 3. The van der Waals surface area contributed by atoms with Gasteiger partial charge in [0.1, 0.15) is 17.4 Å². The zero-order valence-electron chi connectivity index (χ0n) is 16.8. The van der Waals surface area contributed by atoms with Gasteiger partial charge in [0, 0.05) is 18.4 Å². The Labute approximate surface area is 175 Å². The number of hydrogen-bond acceptors (Lipinski definition) is 6. The lowest BCUT2D eigenvalue weighted by atomic mass is 9.73. The summed E-state index contributed by atoms with van der Waals surface area (Å²) in [5, 5.41) is 9.68. The Bertz CT molecular complexity index is 1100. The van der Waals surface area contributed by atoms with Gasteiger partial charge in [-0.3, -0.25) is 4.79 Å². The third kappa shape index (κ3) is 3.29. The van der Waals surface area contributed by atoms with E-state index in [2.05, 4.69) is 6.07 Å². The first-order chi connectivity index (χ1) is 14.6. The minimum Gasteiger partial charge on any atom is -0.493 e. The molecular formula is C24H22N2O4. The maximum Gasteiger partial charge on any atom is 0.205 e. The lowest BCUT2D eigenvalue weighted by Gasteiger charge is -2.34. The van der Waals surface area contributed by atoms with Crippen molar-refractivity contribution in [3.8, 4) is 17.6 Å². The first-order valence-electron chi connectivity index (χ1n) is 9.68. The van der Waals surface area contributed by atoms with Gasteiger partial charge in [0.25, 0.3) is 0 Å². The van der Waals surface area contributed by atoms with Gasteiger partial charge in [0.2, 0.25) is 5.88 Å². The van der Waals surface area contributed by atoms with E-state index < -0.39 is 5.92 Å². The summed E-state index contributed by atoms with van der Waals surface area (Å²) in [5.41, 5.74) is 8.71. The van der Waals surface area contributed by atoms with Crippen LogP contribution in [0, 0.1) is 11.3 Å². The van der Waals surface area contributed by atoms with Crippen LogP contribution in [-0.2, 0) is 9.53 Å². The van der Waals surface area contributed by atoms with Gasteiger partial charge in [-0.2, -0.15) is 5.26 Å². The number of hydrogen-bond donors (Lipinski definition) is 1. The highest BCUT2D eigenvalue weighted by atomic mass is 16.5. The van der Waals surface area contributed by atoms with E-state index in [-0.39, 0.29) is 23.2 Å². The van der Waals surface area contributed by atoms with E-state index in [9.17, 15) is 10.1 Å². The predicted molar refractivity (Wildman–Crippen MR) is 111 cm³/mol.